The van der Waals surface area contributed by atoms with Gasteiger partial charge in [0, 0.05) is 17.2 Å². The minimum absolute atomic E-state index is 0.119. The van der Waals surface area contributed by atoms with Crippen LogP contribution in [0.3, 0.4) is 0 Å². The largest absolute Gasteiger partial charge is 0.334 e. The van der Waals surface area contributed by atoms with Crippen LogP contribution in [0, 0.1) is 12.8 Å². The molecule has 0 saturated heterocycles. The monoisotopic (exact) mass is 285 g/mol. The van der Waals surface area contributed by atoms with E-state index >= 15 is 0 Å². The van der Waals surface area contributed by atoms with Crippen LogP contribution in [0.4, 0.5) is 5.69 Å². The summed E-state index contributed by atoms with van der Waals surface area (Å²) in [5.41, 5.74) is 1.59. The lowest BCUT2D eigenvalue weighted by atomic mass is 9.88. The summed E-state index contributed by atoms with van der Waals surface area (Å²) in [6.07, 6.45) is 5.54. The molecule has 3 rings (SSSR count). The molecule has 1 fully saturated rings. The van der Waals surface area contributed by atoms with Crippen molar-refractivity contribution < 1.29 is 9.32 Å². The number of carbonyl (C=O) groups is 1. The van der Waals surface area contributed by atoms with Gasteiger partial charge in [-0.15, -0.1) is 0 Å². The molecule has 1 saturated carbocycles. The fraction of sp³-hybridized carbons (Fsp3) is 0.438. The molecule has 0 atom stereocenters. The summed E-state index contributed by atoms with van der Waals surface area (Å²) in [4.78, 5) is 16.5. The average Bonchev–Trinajstić information content (AvgIpc) is 2.95. The van der Waals surface area contributed by atoms with E-state index in [1.165, 1.54) is 6.42 Å². The van der Waals surface area contributed by atoms with Crippen LogP contribution in [0.25, 0.3) is 11.5 Å². The van der Waals surface area contributed by atoms with Crippen LogP contribution < -0.4 is 5.32 Å². The molecule has 110 valence electrons. The van der Waals surface area contributed by atoms with E-state index in [0.29, 0.717) is 11.7 Å². The normalized spacial score (nSPS) is 15.9. The third-order valence-corrected chi connectivity index (χ3v) is 3.88. The fourth-order valence-corrected chi connectivity index (χ4v) is 2.75. The molecule has 0 spiro atoms. The molecule has 1 aliphatic carbocycles. The van der Waals surface area contributed by atoms with Gasteiger partial charge in [-0.1, -0.05) is 30.5 Å². The molecule has 1 N–H and O–H groups in total. The predicted molar refractivity (Wildman–Crippen MR) is 79.7 cm³/mol. The van der Waals surface area contributed by atoms with Gasteiger partial charge < -0.3 is 9.84 Å². The molecule has 2 aromatic rings. The maximum Gasteiger partial charge on any atom is 0.257 e. The highest BCUT2D eigenvalue weighted by atomic mass is 16.5. The lowest BCUT2D eigenvalue weighted by molar-refractivity contribution is -0.120. The highest BCUT2D eigenvalue weighted by Gasteiger charge is 2.21. The molecule has 0 bridgehead atoms. The van der Waals surface area contributed by atoms with Crippen molar-refractivity contribution in [3.05, 3.63) is 30.1 Å². The lowest BCUT2D eigenvalue weighted by Gasteiger charge is -2.20. The Morgan fingerprint density at radius 1 is 1.29 bits per heavy atom. The van der Waals surface area contributed by atoms with Crippen LogP contribution in [0.1, 0.15) is 37.9 Å². The zero-order valence-electron chi connectivity index (χ0n) is 12.1. The maximum absolute atomic E-state index is 12.3. The number of nitrogens with zero attached hydrogens (tertiary/aromatic N) is 2. The van der Waals surface area contributed by atoms with Crippen molar-refractivity contribution in [2.75, 3.05) is 5.32 Å². The molecule has 1 aromatic heterocycles. The molecule has 0 unspecified atom stereocenters. The maximum atomic E-state index is 12.3. The second-order valence-corrected chi connectivity index (χ2v) is 5.55. The van der Waals surface area contributed by atoms with E-state index in [9.17, 15) is 4.79 Å². The molecule has 5 nitrogen and oxygen atoms in total. The Bertz CT molecular complexity index is 630. The zero-order chi connectivity index (χ0) is 14.7. The Hall–Kier alpha value is -2.17. The molecular weight excluding hydrogens is 266 g/mol. The fourth-order valence-electron chi connectivity index (χ4n) is 2.75. The molecule has 1 aromatic carbocycles. The van der Waals surface area contributed by atoms with Crippen molar-refractivity contribution in [2.45, 2.75) is 39.0 Å². The third kappa shape index (κ3) is 3.29. The lowest BCUT2D eigenvalue weighted by Crippen LogP contribution is -2.24. The number of carbonyl (C=O) groups excluding carboxylic acids is 1. The molecule has 0 aliphatic heterocycles. The van der Waals surface area contributed by atoms with Crippen LogP contribution in [0.2, 0.25) is 0 Å². The van der Waals surface area contributed by atoms with Crippen LogP contribution in [-0.2, 0) is 4.79 Å². The average molecular weight is 285 g/mol. The van der Waals surface area contributed by atoms with Gasteiger partial charge in [0.15, 0.2) is 5.82 Å². The minimum atomic E-state index is 0.119. The van der Waals surface area contributed by atoms with Gasteiger partial charge in [0.1, 0.15) is 0 Å². The zero-order valence-corrected chi connectivity index (χ0v) is 12.1. The van der Waals surface area contributed by atoms with E-state index in [2.05, 4.69) is 15.5 Å². The van der Waals surface area contributed by atoms with Crippen LogP contribution in [0.15, 0.2) is 28.8 Å². The number of hydrogen-bond acceptors (Lipinski definition) is 4. The second kappa shape index (κ2) is 6.08. The standard InChI is InChI=1S/C16H19N3O2/c1-11-17-16(21-19-11)13-8-5-9-14(10-13)18-15(20)12-6-3-2-4-7-12/h5,8-10,12H,2-4,6-7H2,1H3,(H,18,20). The Morgan fingerprint density at radius 2 is 2.10 bits per heavy atom. The summed E-state index contributed by atoms with van der Waals surface area (Å²) in [6.45, 7) is 1.78. The number of aromatic nitrogens is 2. The van der Waals surface area contributed by atoms with Crippen molar-refractivity contribution in [1.82, 2.24) is 10.1 Å². The molecule has 5 heteroatoms. The topological polar surface area (TPSA) is 68.0 Å². The van der Waals surface area contributed by atoms with Crippen molar-refractivity contribution >= 4 is 11.6 Å². The van der Waals surface area contributed by atoms with Gasteiger partial charge in [-0.05, 0) is 38.0 Å². The van der Waals surface area contributed by atoms with Gasteiger partial charge in [0.2, 0.25) is 5.91 Å². The van der Waals surface area contributed by atoms with E-state index in [-0.39, 0.29) is 11.8 Å². The van der Waals surface area contributed by atoms with Gasteiger partial charge in [0.05, 0.1) is 0 Å². The summed E-state index contributed by atoms with van der Waals surface area (Å²) in [6, 6.07) is 7.52. The number of amides is 1. The van der Waals surface area contributed by atoms with Crippen LogP contribution in [-0.4, -0.2) is 16.0 Å². The van der Waals surface area contributed by atoms with Crippen molar-refractivity contribution in [3.8, 4) is 11.5 Å². The number of benzene rings is 1. The van der Waals surface area contributed by atoms with E-state index in [4.69, 9.17) is 4.52 Å². The molecule has 21 heavy (non-hydrogen) atoms. The van der Waals surface area contributed by atoms with Crippen LogP contribution >= 0.6 is 0 Å². The van der Waals surface area contributed by atoms with Crippen molar-refractivity contribution in [3.63, 3.8) is 0 Å². The Kier molecular flexibility index (Phi) is 3.99. The first-order valence-corrected chi connectivity index (χ1v) is 7.44. The number of nitrogens with one attached hydrogen (secondary N) is 1. The Labute approximate surface area is 123 Å². The van der Waals surface area contributed by atoms with Crippen molar-refractivity contribution in [2.24, 2.45) is 5.92 Å². The van der Waals surface area contributed by atoms with E-state index in [0.717, 1.165) is 36.9 Å². The van der Waals surface area contributed by atoms with E-state index in [1.807, 2.05) is 24.3 Å². The van der Waals surface area contributed by atoms with E-state index < -0.39 is 0 Å². The number of rotatable bonds is 3. The highest BCUT2D eigenvalue weighted by Crippen LogP contribution is 2.26. The smallest absolute Gasteiger partial charge is 0.257 e. The van der Waals surface area contributed by atoms with Crippen LogP contribution in [0.5, 0.6) is 0 Å². The summed E-state index contributed by atoms with van der Waals surface area (Å²) in [5, 5.41) is 6.78. The minimum Gasteiger partial charge on any atom is -0.334 e. The molecule has 0 radical (unpaired) electrons. The van der Waals surface area contributed by atoms with Gasteiger partial charge in [-0.3, -0.25) is 4.79 Å². The van der Waals surface area contributed by atoms with Crippen molar-refractivity contribution in [1.29, 1.82) is 0 Å². The molecule has 1 heterocycles. The van der Waals surface area contributed by atoms with Gasteiger partial charge in [-0.25, -0.2) is 0 Å². The molecule has 1 amide bonds. The summed E-state index contributed by atoms with van der Waals surface area (Å²) < 4.78 is 5.15. The number of anilines is 1. The Balaban J connectivity index is 1.72. The highest BCUT2D eigenvalue weighted by molar-refractivity contribution is 5.93. The second-order valence-electron chi connectivity index (χ2n) is 5.55. The summed E-state index contributed by atoms with van der Waals surface area (Å²) >= 11 is 0. The third-order valence-electron chi connectivity index (χ3n) is 3.88. The number of hydrogen-bond donors (Lipinski definition) is 1. The van der Waals surface area contributed by atoms with E-state index in [1.54, 1.807) is 6.92 Å². The first kappa shape index (κ1) is 13.8. The van der Waals surface area contributed by atoms with Gasteiger partial charge in [0.25, 0.3) is 5.89 Å². The van der Waals surface area contributed by atoms with Gasteiger partial charge >= 0.3 is 0 Å². The summed E-state index contributed by atoms with van der Waals surface area (Å²) in [5.74, 6) is 1.34. The first-order chi connectivity index (χ1) is 10.2. The first-order valence-electron chi connectivity index (χ1n) is 7.44. The Morgan fingerprint density at radius 3 is 2.81 bits per heavy atom. The number of aryl methyl sites for hydroxylation is 1. The summed E-state index contributed by atoms with van der Waals surface area (Å²) in [7, 11) is 0. The molecule has 1 aliphatic rings. The molecular formula is C16H19N3O2. The van der Waals surface area contributed by atoms with Gasteiger partial charge in [-0.2, -0.15) is 4.98 Å². The quantitative estimate of drug-likeness (QED) is 0.936. The predicted octanol–water partition coefficient (Wildman–Crippen LogP) is 3.56. The SMILES string of the molecule is Cc1noc(-c2cccc(NC(=O)C3CCCCC3)c2)n1.